The van der Waals surface area contributed by atoms with Gasteiger partial charge in [-0.05, 0) is 20.3 Å². The summed E-state index contributed by atoms with van der Waals surface area (Å²) in [5.41, 5.74) is 0. The zero-order valence-electron chi connectivity index (χ0n) is 11.4. The van der Waals surface area contributed by atoms with Gasteiger partial charge in [0.25, 0.3) is 0 Å². The van der Waals surface area contributed by atoms with E-state index in [4.69, 9.17) is 9.47 Å². The van der Waals surface area contributed by atoms with Gasteiger partial charge >= 0.3 is 0 Å². The molecule has 5 nitrogen and oxygen atoms in total. The predicted molar refractivity (Wildman–Crippen MR) is 68.4 cm³/mol. The molecule has 0 unspecified atom stereocenters. The zero-order valence-corrected chi connectivity index (χ0v) is 11.4. The number of hydrogen-bond acceptors (Lipinski definition) is 4. The minimum atomic E-state index is 0.106. The van der Waals surface area contributed by atoms with Crippen molar-refractivity contribution in [3.05, 3.63) is 0 Å². The molecule has 0 aromatic carbocycles. The topological polar surface area (TPSA) is 50.8 Å². The van der Waals surface area contributed by atoms with Crippen LogP contribution in [-0.2, 0) is 14.3 Å². The van der Waals surface area contributed by atoms with E-state index in [1.165, 1.54) is 0 Å². The molecule has 2 aliphatic rings. The molecule has 0 radical (unpaired) electrons. The Bertz CT molecular complexity index is 269. The van der Waals surface area contributed by atoms with E-state index in [9.17, 15) is 4.79 Å². The number of hydrogen-bond donors (Lipinski definition) is 1. The van der Waals surface area contributed by atoms with Crippen molar-refractivity contribution in [2.75, 3.05) is 39.5 Å². The van der Waals surface area contributed by atoms with Gasteiger partial charge in [0, 0.05) is 37.7 Å². The van der Waals surface area contributed by atoms with Gasteiger partial charge in [0.2, 0.25) is 5.91 Å². The SMILES string of the molecule is C[C@@H]1CN(C(=O)COC[C@@H]2CCOC2)C[C@@H](C)N1. The Kier molecular flexibility index (Phi) is 4.97. The number of ether oxygens (including phenoxy) is 2. The number of nitrogens with zero attached hydrogens (tertiary/aromatic N) is 1. The summed E-state index contributed by atoms with van der Waals surface area (Å²) in [7, 11) is 0. The maximum atomic E-state index is 12.0. The molecule has 0 aromatic heterocycles. The maximum Gasteiger partial charge on any atom is 0.248 e. The summed E-state index contributed by atoms with van der Waals surface area (Å²) in [6, 6.07) is 0.724. The summed E-state index contributed by atoms with van der Waals surface area (Å²) in [6.45, 7) is 8.21. The molecular formula is C13H24N2O3. The number of carbonyl (C=O) groups excluding carboxylic acids is 1. The van der Waals surface area contributed by atoms with E-state index >= 15 is 0 Å². The molecule has 2 fully saturated rings. The van der Waals surface area contributed by atoms with Crippen molar-refractivity contribution in [1.29, 1.82) is 0 Å². The molecule has 1 amide bonds. The van der Waals surface area contributed by atoms with Crippen molar-refractivity contribution in [2.24, 2.45) is 5.92 Å². The fourth-order valence-electron chi connectivity index (χ4n) is 2.65. The van der Waals surface area contributed by atoms with Crippen LogP contribution >= 0.6 is 0 Å². The van der Waals surface area contributed by atoms with Crippen LogP contribution in [0.15, 0.2) is 0 Å². The highest BCUT2D eigenvalue weighted by atomic mass is 16.5. The molecule has 2 heterocycles. The number of piperazine rings is 1. The Labute approximate surface area is 109 Å². The Balaban J connectivity index is 1.67. The number of amides is 1. The van der Waals surface area contributed by atoms with Crippen molar-refractivity contribution in [3.63, 3.8) is 0 Å². The van der Waals surface area contributed by atoms with E-state index < -0.39 is 0 Å². The van der Waals surface area contributed by atoms with E-state index in [0.717, 1.165) is 32.7 Å². The fraction of sp³-hybridized carbons (Fsp3) is 0.923. The molecule has 104 valence electrons. The molecule has 3 atom stereocenters. The highest BCUT2D eigenvalue weighted by Crippen LogP contribution is 2.12. The van der Waals surface area contributed by atoms with Gasteiger partial charge in [-0.1, -0.05) is 0 Å². The van der Waals surface area contributed by atoms with Crippen LogP contribution in [0.25, 0.3) is 0 Å². The Morgan fingerprint density at radius 3 is 2.72 bits per heavy atom. The van der Waals surface area contributed by atoms with Gasteiger partial charge in [-0.2, -0.15) is 0 Å². The van der Waals surface area contributed by atoms with Gasteiger partial charge < -0.3 is 19.7 Å². The maximum absolute atomic E-state index is 12.0. The molecule has 0 aliphatic carbocycles. The second kappa shape index (κ2) is 6.50. The van der Waals surface area contributed by atoms with Gasteiger partial charge in [0.05, 0.1) is 13.2 Å². The minimum absolute atomic E-state index is 0.106. The molecule has 0 spiro atoms. The molecular weight excluding hydrogens is 232 g/mol. The Morgan fingerprint density at radius 1 is 1.39 bits per heavy atom. The van der Waals surface area contributed by atoms with Crippen LogP contribution in [-0.4, -0.2) is 62.4 Å². The number of carbonyl (C=O) groups is 1. The van der Waals surface area contributed by atoms with Crippen LogP contribution in [0.5, 0.6) is 0 Å². The van der Waals surface area contributed by atoms with Crippen molar-refractivity contribution in [1.82, 2.24) is 10.2 Å². The van der Waals surface area contributed by atoms with Crippen molar-refractivity contribution in [3.8, 4) is 0 Å². The first-order chi connectivity index (χ1) is 8.65. The summed E-state index contributed by atoms with van der Waals surface area (Å²) >= 11 is 0. The standard InChI is InChI=1S/C13H24N2O3/c1-10-5-15(6-11(2)14-10)13(16)9-18-8-12-3-4-17-7-12/h10-12,14H,3-9H2,1-2H3/t10-,11-,12-/m1/s1. The van der Waals surface area contributed by atoms with Crippen LogP contribution in [0, 0.1) is 5.92 Å². The zero-order chi connectivity index (χ0) is 13.0. The van der Waals surface area contributed by atoms with Crippen LogP contribution in [0.4, 0.5) is 0 Å². The van der Waals surface area contributed by atoms with E-state index in [-0.39, 0.29) is 12.5 Å². The van der Waals surface area contributed by atoms with Gasteiger partial charge in [0.15, 0.2) is 0 Å². The molecule has 2 aliphatic heterocycles. The smallest absolute Gasteiger partial charge is 0.248 e. The summed E-state index contributed by atoms with van der Waals surface area (Å²) in [5, 5.41) is 3.41. The molecule has 0 saturated carbocycles. The molecule has 0 bridgehead atoms. The summed E-state index contributed by atoms with van der Waals surface area (Å²) in [6.07, 6.45) is 1.05. The Morgan fingerprint density at radius 2 is 2.11 bits per heavy atom. The monoisotopic (exact) mass is 256 g/mol. The van der Waals surface area contributed by atoms with Crippen LogP contribution in [0.3, 0.4) is 0 Å². The van der Waals surface area contributed by atoms with E-state index in [1.807, 2.05) is 4.90 Å². The van der Waals surface area contributed by atoms with E-state index in [0.29, 0.717) is 24.6 Å². The molecule has 0 aromatic rings. The summed E-state index contributed by atoms with van der Waals surface area (Å²) < 4.78 is 10.8. The quantitative estimate of drug-likeness (QED) is 0.783. The normalized spacial score (nSPS) is 32.8. The Hall–Kier alpha value is -0.650. The predicted octanol–water partition coefficient (Wildman–Crippen LogP) is 0.248. The molecule has 2 saturated heterocycles. The second-order valence-corrected chi connectivity index (χ2v) is 5.51. The first-order valence-corrected chi connectivity index (χ1v) is 6.84. The lowest BCUT2D eigenvalue weighted by Gasteiger charge is -2.36. The lowest BCUT2D eigenvalue weighted by Crippen LogP contribution is -2.56. The van der Waals surface area contributed by atoms with Gasteiger partial charge in [0.1, 0.15) is 6.61 Å². The molecule has 5 heteroatoms. The van der Waals surface area contributed by atoms with Gasteiger partial charge in [-0.15, -0.1) is 0 Å². The average molecular weight is 256 g/mol. The third-order valence-electron chi connectivity index (χ3n) is 3.51. The van der Waals surface area contributed by atoms with E-state index in [1.54, 1.807) is 0 Å². The van der Waals surface area contributed by atoms with Crippen molar-refractivity contribution in [2.45, 2.75) is 32.4 Å². The van der Waals surface area contributed by atoms with Crippen LogP contribution in [0.1, 0.15) is 20.3 Å². The molecule has 1 N–H and O–H groups in total. The highest BCUT2D eigenvalue weighted by Gasteiger charge is 2.25. The second-order valence-electron chi connectivity index (χ2n) is 5.51. The van der Waals surface area contributed by atoms with Crippen molar-refractivity contribution < 1.29 is 14.3 Å². The number of nitrogens with one attached hydrogen (secondary N) is 1. The van der Waals surface area contributed by atoms with Crippen LogP contribution in [0.2, 0.25) is 0 Å². The van der Waals surface area contributed by atoms with Crippen molar-refractivity contribution >= 4 is 5.91 Å². The first kappa shape index (κ1) is 13.8. The van der Waals surface area contributed by atoms with Gasteiger partial charge in [-0.25, -0.2) is 0 Å². The third kappa shape index (κ3) is 3.93. The van der Waals surface area contributed by atoms with E-state index in [2.05, 4.69) is 19.2 Å². The first-order valence-electron chi connectivity index (χ1n) is 6.84. The molecule has 18 heavy (non-hydrogen) atoms. The lowest BCUT2D eigenvalue weighted by molar-refractivity contribution is -0.138. The summed E-state index contributed by atoms with van der Waals surface area (Å²) in [4.78, 5) is 13.9. The summed E-state index contributed by atoms with van der Waals surface area (Å²) in [5.74, 6) is 0.577. The highest BCUT2D eigenvalue weighted by molar-refractivity contribution is 5.77. The average Bonchev–Trinajstić information content (AvgIpc) is 2.80. The molecule has 2 rings (SSSR count). The lowest BCUT2D eigenvalue weighted by atomic mass is 10.1. The fourth-order valence-corrected chi connectivity index (χ4v) is 2.65. The third-order valence-corrected chi connectivity index (χ3v) is 3.51. The largest absolute Gasteiger partial charge is 0.381 e. The number of rotatable bonds is 4. The van der Waals surface area contributed by atoms with Gasteiger partial charge in [-0.3, -0.25) is 4.79 Å². The minimum Gasteiger partial charge on any atom is -0.381 e. The van der Waals surface area contributed by atoms with Crippen LogP contribution < -0.4 is 5.32 Å².